The first-order valence-corrected chi connectivity index (χ1v) is 6.95. The highest BCUT2D eigenvalue weighted by molar-refractivity contribution is 6.30. The minimum atomic E-state index is 0.626. The third kappa shape index (κ3) is 3.09. The molecule has 0 saturated carbocycles. The maximum atomic E-state index is 6.19. The number of aromatic nitrogens is 2. The van der Waals surface area contributed by atoms with E-state index in [1.165, 1.54) is 25.7 Å². The summed E-state index contributed by atoms with van der Waals surface area (Å²) in [6.45, 7) is 4.36. The first kappa shape index (κ1) is 12.6. The van der Waals surface area contributed by atoms with E-state index in [1.54, 1.807) is 6.33 Å². The number of hydrogen-bond acceptors (Lipinski definition) is 3. The van der Waals surface area contributed by atoms with Crippen molar-refractivity contribution >= 4 is 17.4 Å². The van der Waals surface area contributed by atoms with Crippen LogP contribution in [-0.4, -0.2) is 23.1 Å². The zero-order valence-corrected chi connectivity index (χ0v) is 11.2. The fourth-order valence-electron chi connectivity index (χ4n) is 2.40. The van der Waals surface area contributed by atoms with Gasteiger partial charge in [-0.15, -0.1) is 0 Å². The third-order valence-corrected chi connectivity index (χ3v) is 3.60. The van der Waals surface area contributed by atoms with Gasteiger partial charge < -0.3 is 4.90 Å². The van der Waals surface area contributed by atoms with Crippen LogP contribution >= 0.6 is 11.6 Å². The van der Waals surface area contributed by atoms with Crippen LogP contribution < -0.4 is 4.90 Å². The normalized spacial score (nSPS) is 16.9. The van der Waals surface area contributed by atoms with Gasteiger partial charge in [-0.1, -0.05) is 37.8 Å². The molecule has 0 radical (unpaired) electrons. The van der Waals surface area contributed by atoms with Crippen molar-refractivity contribution in [3.63, 3.8) is 0 Å². The average molecular weight is 254 g/mol. The Kier molecular flexibility index (Phi) is 4.60. The van der Waals surface area contributed by atoms with Crippen molar-refractivity contribution in [3.05, 3.63) is 17.0 Å². The lowest BCUT2D eigenvalue weighted by molar-refractivity contribution is 0.726. The van der Waals surface area contributed by atoms with E-state index in [0.29, 0.717) is 5.15 Å². The van der Waals surface area contributed by atoms with Gasteiger partial charge in [0.25, 0.3) is 0 Å². The number of nitrogens with zero attached hydrogens (tertiary/aromatic N) is 3. The maximum absolute atomic E-state index is 6.19. The molecule has 0 aromatic carbocycles. The number of hydrogen-bond donors (Lipinski definition) is 0. The predicted molar refractivity (Wildman–Crippen MR) is 71.7 cm³/mol. The molecule has 2 rings (SSSR count). The van der Waals surface area contributed by atoms with Crippen LogP contribution in [0.3, 0.4) is 0 Å². The first-order chi connectivity index (χ1) is 8.33. The van der Waals surface area contributed by atoms with Crippen molar-refractivity contribution in [3.8, 4) is 0 Å². The lowest BCUT2D eigenvalue weighted by atomic mass is 10.1. The molecule has 0 unspecified atom stereocenters. The van der Waals surface area contributed by atoms with Crippen LogP contribution in [0.4, 0.5) is 5.82 Å². The number of rotatable bonds is 3. The molecule has 1 aromatic heterocycles. The molecule has 94 valence electrons. The third-order valence-electron chi connectivity index (χ3n) is 3.28. The highest BCUT2D eigenvalue weighted by atomic mass is 35.5. The summed E-state index contributed by atoms with van der Waals surface area (Å²) in [6.07, 6.45) is 8.80. The second-order valence-electron chi connectivity index (χ2n) is 4.62. The van der Waals surface area contributed by atoms with E-state index in [2.05, 4.69) is 21.8 Å². The van der Waals surface area contributed by atoms with E-state index in [0.717, 1.165) is 37.3 Å². The molecule has 0 aliphatic carbocycles. The Morgan fingerprint density at radius 1 is 1.18 bits per heavy atom. The van der Waals surface area contributed by atoms with E-state index in [9.17, 15) is 0 Å². The predicted octanol–water partition coefficient (Wildman–Crippen LogP) is 3.46. The van der Waals surface area contributed by atoms with Crippen LogP contribution in [0, 0.1) is 0 Å². The van der Waals surface area contributed by atoms with Gasteiger partial charge in [-0.3, -0.25) is 0 Å². The van der Waals surface area contributed by atoms with E-state index in [-0.39, 0.29) is 0 Å². The molecule has 0 atom stereocenters. The molecule has 0 spiro atoms. The largest absolute Gasteiger partial charge is 0.356 e. The van der Waals surface area contributed by atoms with Crippen LogP contribution in [0.25, 0.3) is 0 Å². The van der Waals surface area contributed by atoms with E-state index in [4.69, 9.17) is 11.6 Å². The Morgan fingerprint density at radius 2 is 1.88 bits per heavy atom. The molecule has 1 fully saturated rings. The molecule has 2 heterocycles. The van der Waals surface area contributed by atoms with Gasteiger partial charge >= 0.3 is 0 Å². The Balaban J connectivity index is 2.25. The fraction of sp³-hybridized carbons (Fsp3) is 0.692. The summed E-state index contributed by atoms with van der Waals surface area (Å²) in [7, 11) is 0. The molecule has 0 amide bonds. The van der Waals surface area contributed by atoms with E-state index in [1.807, 2.05) is 0 Å². The van der Waals surface area contributed by atoms with Crippen LogP contribution in [0.15, 0.2) is 6.33 Å². The molecule has 17 heavy (non-hydrogen) atoms. The van der Waals surface area contributed by atoms with Crippen LogP contribution in [-0.2, 0) is 6.42 Å². The smallest absolute Gasteiger partial charge is 0.137 e. The quantitative estimate of drug-likeness (QED) is 0.773. The van der Waals surface area contributed by atoms with Crippen LogP contribution in [0.1, 0.15) is 44.6 Å². The van der Waals surface area contributed by atoms with Crippen LogP contribution in [0.2, 0.25) is 5.15 Å². The monoisotopic (exact) mass is 253 g/mol. The van der Waals surface area contributed by atoms with Crippen molar-refractivity contribution in [1.82, 2.24) is 9.97 Å². The first-order valence-electron chi connectivity index (χ1n) is 6.57. The van der Waals surface area contributed by atoms with Crippen molar-refractivity contribution in [2.45, 2.75) is 45.4 Å². The lowest BCUT2D eigenvalue weighted by Crippen LogP contribution is -2.26. The SMILES string of the molecule is CCCc1c(Cl)ncnc1N1CCCCCC1. The van der Waals surface area contributed by atoms with E-state index >= 15 is 0 Å². The summed E-state index contributed by atoms with van der Waals surface area (Å²) < 4.78 is 0. The summed E-state index contributed by atoms with van der Waals surface area (Å²) in [5.74, 6) is 1.06. The summed E-state index contributed by atoms with van der Waals surface area (Å²) >= 11 is 6.19. The van der Waals surface area contributed by atoms with Gasteiger partial charge in [0, 0.05) is 18.7 Å². The molecule has 1 aromatic rings. The number of anilines is 1. The van der Waals surface area contributed by atoms with Crippen molar-refractivity contribution in [2.75, 3.05) is 18.0 Å². The Hall–Kier alpha value is -0.830. The summed E-state index contributed by atoms with van der Waals surface area (Å²) in [5, 5.41) is 0.626. The van der Waals surface area contributed by atoms with Gasteiger partial charge in [-0.05, 0) is 19.3 Å². The maximum Gasteiger partial charge on any atom is 0.137 e. The van der Waals surface area contributed by atoms with Crippen molar-refractivity contribution < 1.29 is 0 Å². The average Bonchev–Trinajstić information content (AvgIpc) is 2.60. The van der Waals surface area contributed by atoms with Crippen LogP contribution in [0.5, 0.6) is 0 Å². The minimum absolute atomic E-state index is 0.626. The molecule has 0 N–H and O–H groups in total. The Labute approximate surface area is 108 Å². The minimum Gasteiger partial charge on any atom is -0.356 e. The Bertz CT molecular complexity index is 360. The zero-order chi connectivity index (χ0) is 12.1. The molecular formula is C13H20ClN3. The summed E-state index contributed by atoms with van der Waals surface area (Å²) in [5.41, 5.74) is 1.12. The molecule has 4 heteroatoms. The van der Waals surface area contributed by atoms with E-state index < -0.39 is 0 Å². The second kappa shape index (κ2) is 6.20. The van der Waals surface area contributed by atoms with Gasteiger partial charge in [0.05, 0.1) is 0 Å². The standard InChI is InChI=1S/C13H20ClN3/c1-2-7-11-12(14)15-10-16-13(11)17-8-5-3-4-6-9-17/h10H,2-9H2,1H3. The summed E-state index contributed by atoms with van der Waals surface area (Å²) in [6, 6.07) is 0. The number of halogens is 1. The molecule has 3 nitrogen and oxygen atoms in total. The molecule has 0 bridgehead atoms. The fourth-order valence-corrected chi connectivity index (χ4v) is 2.62. The second-order valence-corrected chi connectivity index (χ2v) is 4.98. The Morgan fingerprint density at radius 3 is 2.53 bits per heavy atom. The van der Waals surface area contributed by atoms with Crippen molar-refractivity contribution in [2.24, 2.45) is 0 Å². The van der Waals surface area contributed by atoms with Gasteiger partial charge in [0.1, 0.15) is 17.3 Å². The van der Waals surface area contributed by atoms with Gasteiger partial charge in [-0.25, -0.2) is 9.97 Å². The zero-order valence-electron chi connectivity index (χ0n) is 10.5. The highest BCUT2D eigenvalue weighted by Gasteiger charge is 2.17. The molecule has 1 aliphatic rings. The lowest BCUT2D eigenvalue weighted by Gasteiger charge is -2.24. The van der Waals surface area contributed by atoms with Gasteiger partial charge in [0.15, 0.2) is 0 Å². The van der Waals surface area contributed by atoms with Crippen molar-refractivity contribution in [1.29, 1.82) is 0 Å². The molecule has 1 aliphatic heterocycles. The van der Waals surface area contributed by atoms with Gasteiger partial charge in [0.2, 0.25) is 0 Å². The summed E-state index contributed by atoms with van der Waals surface area (Å²) in [4.78, 5) is 10.9. The highest BCUT2D eigenvalue weighted by Crippen LogP contribution is 2.26. The van der Waals surface area contributed by atoms with Gasteiger partial charge in [-0.2, -0.15) is 0 Å². The topological polar surface area (TPSA) is 29.0 Å². The molecule has 1 saturated heterocycles. The molecular weight excluding hydrogens is 234 g/mol.